The quantitative estimate of drug-likeness (QED) is 0.839. The summed E-state index contributed by atoms with van der Waals surface area (Å²) in [6, 6.07) is 7.56. The summed E-state index contributed by atoms with van der Waals surface area (Å²) in [5.41, 5.74) is 7.37. The van der Waals surface area contributed by atoms with Gasteiger partial charge >= 0.3 is 0 Å². The Bertz CT molecular complexity index is 411. The average Bonchev–Trinajstić information content (AvgIpc) is 2.49. The third kappa shape index (κ3) is 4.94. The molecule has 0 spiro atoms. The summed E-state index contributed by atoms with van der Waals surface area (Å²) < 4.78 is 5.52. The van der Waals surface area contributed by atoms with Crippen LogP contribution in [0.15, 0.2) is 24.3 Å². The lowest BCUT2D eigenvalue weighted by atomic mass is 9.90. The standard InChI is InChI=1S/C16H24N2O2/c17-10-13-6-8-15(9-7-13)18-16(19)12-20-11-14-4-2-1-3-5-14/h6-9,14H,1-5,10-12,17H2,(H,18,19). The van der Waals surface area contributed by atoms with Crippen LogP contribution in [0.2, 0.25) is 0 Å². The molecule has 0 aromatic heterocycles. The van der Waals surface area contributed by atoms with Crippen LogP contribution < -0.4 is 11.1 Å². The fraction of sp³-hybridized carbons (Fsp3) is 0.562. The van der Waals surface area contributed by atoms with Crippen molar-refractivity contribution >= 4 is 11.6 Å². The maximum atomic E-state index is 11.7. The van der Waals surface area contributed by atoms with Gasteiger partial charge in [-0.1, -0.05) is 31.4 Å². The van der Waals surface area contributed by atoms with Gasteiger partial charge in [-0.15, -0.1) is 0 Å². The van der Waals surface area contributed by atoms with Crippen molar-refractivity contribution in [2.24, 2.45) is 11.7 Å². The molecule has 1 aromatic carbocycles. The van der Waals surface area contributed by atoms with Gasteiger partial charge in [-0.25, -0.2) is 0 Å². The van der Waals surface area contributed by atoms with E-state index in [1.54, 1.807) is 0 Å². The summed E-state index contributed by atoms with van der Waals surface area (Å²) in [6.45, 7) is 1.35. The first-order valence-electron chi connectivity index (χ1n) is 7.44. The third-order valence-electron chi connectivity index (χ3n) is 3.78. The van der Waals surface area contributed by atoms with Crippen LogP contribution >= 0.6 is 0 Å². The topological polar surface area (TPSA) is 64.3 Å². The number of carbonyl (C=O) groups excluding carboxylic acids is 1. The van der Waals surface area contributed by atoms with Gasteiger partial charge < -0.3 is 15.8 Å². The van der Waals surface area contributed by atoms with E-state index in [1.165, 1.54) is 32.1 Å². The number of rotatable bonds is 6. The first-order chi connectivity index (χ1) is 9.78. The Morgan fingerprint density at radius 1 is 1.20 bits per heavy atom. The lowest BCUT2D eigenvalue weighted by Gasteiger charge is -2.21. The second-order valence-corrected chi connectivity index (χ2v) is 5.47. The van der Waals surface area contributed by atoms with Gasteiger partial charge in [0.2, 0.25) is 5.91 Å². The Labute approximate surface area is 120 Å². The van der Waals surface area contributed by atoms with E-state index in [2.05, 4.69) is 5.32 Å². The Hall–Kier alpha value is -1.39. The number of hydrogen-bond acceptors (Lipinski definition) is 3. The Morgan fingerprint density at radius 2 is 1.90 bits per heavy atom. The van der Waals surface area contributed by atoms with Crippen LogP contribution in [0.25, 0.3) is 0 Å². The van der Waals surface area contributed by atoms with Crippen molar-refractivity contribution in [1.82, 2.24) is 0 Å². The van der Waals surface area contributed by atoms with E-state index in [0.717, 1.165) is 11.3 Å². The number of ether oxygens (including phenoxy) is 1. The molecule has 0 atom stereocenters. The van der Waals surface area contributed by atoms with Crippen LogP contribution in [0.3, 0.4) is 0 Å². The highest BCUT2D eigenvalue weighted by molar-refractivity contribution is 5.91. The molecule has 1 fully saturated rings. The summed E-state index contributed by atoms with van der Waals surface area (Å²) in [7, 11) is 0. The van der Waals surface area contributed by atoms with E-state index in [4.69, 9.17) is 10.5 Å². The van der Waals surface area contributed by atoms with Crippen molar-refractivity contribution in [3.8, 4) is 0 Å². The SMILES string of the molecule is NCc1ccc(NC(=O)COCC2CCCCC2)cc1. The molecule has 0 aliphatic heterocycles. The molecule has 1 aliphatic carbocycles. The zero-order chi connectivity index (χ0) is 14.2. The maximum absolute atomic E-state index is 11.7. The molecule has 1 aromatic rings. The first kappa shape index (κ1) is 15.0. The van der Waals surface area contributed by atoms with Crippen molar-refractivity contribution in [2.75, 3.05) is 18.5 Å². The molecule has 0 bridgehead atoms. The van der Waals surface area contributed by atoms with E-state index >= 15 is 0 Å². The Morgan fingerprint density at radius 3 is 2.55 bits per heavy atom. The van der Waals surface area contributed by atoms with Crippen LogP contribution in [0.4, 0.5) is 5.69 Å². The normalized spacial score (nSPS) is 16.1. The highest BCUT2D eigenvalue weighted by atomic mass is 16.5. The van der Waals surface area contributed by atoms with Gasteiger partial charge in [0.05, 0.1) is 6.61 Å². The van der Waals surface area contributed by atoms with Crippen LogP contribution in [0.5, 0.6) is 0 Å². The number of nitrogens with two attached hydrogens (primary N) is 1. The number of hydrogen-bond donors (Lipinski definition) is 2. The second-order valence-electron chi connectivity index (χ2n) is 5.47. The summed E-state index contributed by atoms with van der Waals surface area (Å²) in [6.07, 6.45) is 6.42. The van der Waals surface area contributed by atoms with Gasteiger partial charge in [0.15, 0.2) is 0 Å². The molecular weight excluding hydrogens is 252 g/mol. The van der Waals surface area contributed by atoms with Crippen molar-refractivity contribution in [3.05, 3.63) is 29.8 Å². The number of carbonyl (C=O) groups is 1. The predicted molar refractivity (Wildman–Crippen MR) is 80.4 cm³/mol. The van der Waals surface area contributed by atoms with E-state index in [-0.39, 0.29) is 12.5 Å². The Kier molecular flexibility index (Phi) is 6.02. The van der Waals surface area contributed by atoms with Gasteiger partial charge in [0, 0.05) is 12.2 Å². The second kappa shape index (κ2) is 8.02. The van der Waals surface area contributed by atoms with Gasteiger partial charge in [-0.2, -0.15) is 0 Å². The monoisotopic (exact) mass is 276 g/mol. The molecule has 4 nitrogen and oxygen atoms in total. The summed E-state index contributed by atoms with van der Waals surface area (Å²) in [5.74, 6) is 0.543. The predicted octanol–water partition coefficient (Wildman–Crippen LogP) is 2.68. The van der Waals surface area contributed by atoms with Gasteiger partial charge in [0.25, 0.3) is 0 Å². The molecule has 1 amide bonds. The molecule has 0 saturated heterocycles. The number of nitrogens with one attached hydrogen (secondary N) is 1. The third-order valence-corrected chi connectivity index (χ3v) is 3.78. The lowest BCUT2D eigenvalue weighted by Crippen LogP contribution is -2.21. The van der Waals surface area contributed by atoms with Crippen LogP contribution in [0, 0.1) is 5.92 Å². The first-order valence-corrected chi connectivity index (χ1v) is 7.44. The molecule has 1 saturated carbocycles. The minimum Gasteiger partial charge on any atom is -0.371 e. The molecule has 0 heterocycles. The number of benzene rings is 1. The molecular formula is C16H24N2O2. The molecule has 4 heteroatoms. The number of amides is 1. The molecule has 0 unspecified atom stereocenters. The fourth-order valence-electron chi connectivity index (χ4n) is 2.59. The summed E-state index contributed by atoms with van der Waals surface area (Å²) in [5, 5.41) is 2.83. The van der Waals surface area contributed by atoms with E-state index in [0.29, 0.717) is 19.1 Å². The van der Waals surface area contributed by atoms with Crippen molar-refractivity contribution < 1.29 is 9.53 Å². The van der Waals surface area contributed by atoms with Gasteiger partial charge in [-0.05, 0) is 36.5 Å². The van der Waals surface area contributed by atoms with Crippen LogP contribution in [-0.2, 0) is 16.1 Å². The minimum atomic E-state index is -0.0960. The minimum absolute atomic E-state index is 0.0960. The van der Waals surface area contributed by atoms with Crippen molar-refractivity contribution in [2.45, 2.75) is 38.6 Å². The van der Waals surface area contributed by atoms with Crippen molar-refractivity contribution in [1.29, 1.82) is 0 Å². The highest BCUT2D eigenvalue weighted by Crippen LogP contribution is 2.23. The molecule has 20 heavy (non-hydrogen) atoms. The highest BCUT2D eigenvalue weighted by Gasteiger charge is 2.14. The zero-order valence-corrected chi connectivity index (χ0v) is 11.9. The smallest absolute Gasteiger partial charge is 0.250 e. The Balaban J connectivity index is 1.66. The number of anilines is 1. The summed E-state index contributed by atoms with van der Waals surface area (Å²) >= 11 is 0. The molecule has 0 radical (unpaired) electrons. The fourth-order valence-corrected chi connectivity index (χ4v) is 2.59. The van der Waals surface area contributed by atoms with Crippen molar-refractivity contribution in [3.63, 3.8) is 0 Å². The largest absolute Gasteiger partial charge is 0.371 e. The molecule has 110 valence electrons. The molecule has 2 rings (SSSR count). The average molecular weight is 276 g/mol. The van der Waals surface area contributed by atoms with Gasteiger partial charge in [0.1, 0.15) is 6.61 Å². The molecule has 3 N–H and O–H groups in total. The van der Waals surface area contributed by atoms with Gasteiger partial charge in [-0.3, -0.25) is 4.79 Å². The van der Waals surface area contributed by atoms with E-state index in [1.807, 2.05) is 24.3 Å². The van der Waals surface area contributed by atoms with Crippen LogP contribution in [0.1, 0.15) is 37.7 Å². The molecule has 1 aliphatic rings. The zero-order valence-electron chi connectivity index (χ0n) is 11.9. The summed E-state index contributed by atoms with van der Waals surface area (Å²) in [4.78, 5) is 11.7. The lowest BCUT2D eigenvalue weighted by molar-refractivity contribution is -0.121. The van der Waals surface area contributed by atoms with Crippen LogP contribution in [-0.4, -0.2) is 19.1 Å². The van der Waals surface area contributed by atoms with E-state index in [9.17, 15) is 4.79 Å². The van der Waals surface area contributed by atoms with E-state index < -0.39 is 0 Å². The maximum Gasteiger partial charge on any atom is 0.250 e.